The van der Waals surface area contributed by atoms with Crippen molar-refractivity contribution >= 4 is 5.57 Å². The molecular formula is C15H19F. The van der Waals surface area contributed by atoms with Gasteiger partial charge in [-0.05, 0) is 24.5 Å². The molecule has 16 heavy (non-hydrogen) atoms. The molecule has 0 saturated heterocycles. The maximum absolute atomic E-state index is 13.7. The molecule has 0 unspecified atom stereocenters. The standard InChI is InChI=1S/C15H19F/c1-3-4-5-9-12-15(16)13(2)14-10-7-6-8-11-14/h6-8,10-12H,2-5,9H2,1H3/b15-12-. The van der Waals surface area contributed by atoms with Gasteiger partial charge in [0.25, 0.3) is 0 Å². The van der Waals surface area contributed by atoms with Crippen molar-refractivity contribution in [2.75, 3.05) is 0 Å². The lowest BCUT2D eigenvalue weighted by Crippen LogP contribution is -1.83. The first-order valence-electron chi connectivity index (χ1n) is 5.86. The summed E-state index contributed by atoms with van der Waals surface area (Å²) < 4.78 is 13.7. The summed E-state index contributed by atoms with van der Waals surface area (Å²) in [5.41, 5.74) is 1.34. The Kier molecular flexibility index (Phi) is 5.55. The number of hydrogen-bond acceptors (Lipinski definition) is 0. The minimum absolute atomic E-state index is 0.192. The number of unbranched alkanes of at least 4 members (excludes halogenated alkanes) is 3. The number of allylic oxidation sites excluding steroid dienone is 3. The van der Waals surface area contributed by atoms with Crippen LogP contribution in [0.1, 0.15) is 38.2 Å². The summed E-state index contributed by atoms with van der Waals surface area (Å²) in [5.74, 6) is -0.192. The van der Waals surface area contributed by atoms with Crippen LogP contribution < -0.4 is 0 Å². The van der Waals surface area contributed by atoms with E-state index in [2.05, 4.69) is 13.5 Å². The van der Waals surface area contributed by atoms with Crippen molar-refractivity contribution in [2.24, 2.45) is 0 Å². The predicted octanol–water partition coefficient (Wildman–Crippen LogP) is 5.13. The van der Waals surface area contributed by atoms with E-state index in [1.807, 2.05) is 30.3 Å². The average molecular weight is 218 g/mol. The van der Waals surface area contributed by atoms with E-state index >= 15 is 0 Å². The molecule has 0 nitrogen and oxygen atoms in total. The minimum atomic E-state index is -0.192. The molecule has 1 rings (SSSR count). The van der Waals surface area contributed by atoms with E-state index in [1.165, 1.54) is 0 Å². The second-order valence-electron chi connectivity index (χ2n) is 3.89. The van der Waals surface area contributed by atoms with Gasteiger partial charge in [-0.2, -0.15) is 0 Å². The van der Waals surface area contributed by atoms with Crippen molar-refractivity contribution < 1.29 is 4.39 Å². The number of rotatable bonds is 6. The van der Waals surface area contributed by atoms with Gasteiger partial charge >= 0.3 is 0 Å². The van der Waals surface area contributed by atoms with E-state index in [-0.39, 0.29) is 5.83 Å². The molecule has 1 heteroatoms. The summed E-state index contributed by atoms with van der Waals surface area (Å²) in [4.78, 5) is 0. The van der Waals surface area contributed by atoms with Gasteiger partial charge in [0.15, 0.2) is 0 Å². The van der Waals surface area contributed by atoms with Crippen molar-refractivity contribution in [3.05, 3.63) is 54.4 Å². The van der Waals surface area contributed by atoms with Gasteiger partial charge in [0, 0.05) is 5.57 Å². The van der Waals surface area contributed by atoms with E-state index < -0.39 is 0 Å². The van der Waals surface area contributed by atoms with Crippen LogP contribution in [0.5, 0.6) is 0 Å². The highest BCUT2D eigenvalue weighted by Crippen LogP contribution is 2.22. The Labute approximate surface area is 97.5 Å². The van der Waals surface area contributed by atoms with Crippen LogP contribution in [0.25, 0.3) is 5.57 Å². The van der Waals surface area contributed by atoms with Gasteiger partial charge < -0.3 is 0 Å². The van der Waals surface area contributed by atoms with Crippen LogP contribution in [-0.4, -0.2) is 0 Å². The van der Waals surface area contributed by atoms with Crippen LogP contribution in [0.3, 0.4) is 0 Å². The molecule has 86 valence electrons. The third kappa shape index (κ3) is 4.01. The van der Waals surface area contributed by atoms with Gasteiger partial charge in [-0.3, -0.25) is 0 Å². The van der Waals surface area contributed by atoms with Gasteiger partial charge in [-0.15, -0.1) is 0 Å². The monoisotopic (exact) mass is 218 g/mol. The number of hydrogen-bond donors (Lipinski definition) is 0. The summed E-state index contributed by atoms with van der Waals surface area (Å²) >= 11 is 0. The van der Waals surface area contributed by atoms with E-state index in [0.29, 0.717) is 5.57 Å². The van der Waals surface area contributed by atoms with Crippen molar-refractivity contribution in [3.8, 4) is 0 Å². The van der Waals surface area contributed by atoms with Gasteiger partial charge in [0.2, 0.25) is 0 Å². The molecule has 0 aliphatic heterocycles. The maximum atomic E-state index is 13.7. The minimum Gasteiger partial charge on any atom is -0.207 e. The first-order valence-corrected chi connectivity index (χ1v) is 5.86. The zero-order chi connectivity index (χ0) is 11.8. The van der Waals surface area contributed by atoms with Crippen LogP contribution in [0.15, 0.2) is 48.8 Å². The normalized spacial score (nSPS) is 11.5. The van der Waals surface area contributed by atoms with E-state index in [9.17, 15) is 4.39 Å². The molecule has 0 bridgehead atoms. The summed E-state index contributed by atoms with van der Waals surface area (Å²) in [6, 6.07) is 9.46. The van der Waals surface area contributed by atoms with E-state index in [4.69, 9.17) is 0 Å². The Bertz CT molecular complexity index is 349. The zero-order valence-electron chi connectivity index (χ0n) is 9.88. The van der Waals surface area contributed by atoms with Gasteiger partial charge in [0.1, 0.15) is 5.83 Å². The van der Waals surface area contributed by atoms with Crippen LogP contribution in [0, 0.1) is 0 Å². The molecule has 0 heterocycles. The first kappa shape index (κ1) is 12.7. The smallest absolute Gasteiger partial charge is 0.126 e. The number of benzene rings is 1. The lowest BCUT2D eigenvalue weighted by molar-refractivity contribution is 0.655. The summed E-state index contributed by atoms with van der Waals surface area (Å²) in [5, 5.41) is 0. The zero-order valence-corrected chi connectivity index (χ0v) is 9.88. The SMILES string of the molecule is C=C(/C(F)=C/CCCCC)c1ccccc1. The second-order valence-corrected chi connectivity index (χ2v) is 3.89. The van der Waals surface area contributed by atoms with Gasteiger partial charge in [-0.25, -0.2) is 4.39 Å². The molecule has 0 radical (unpaired) electrons. The average Bonchev–Trinajstić information content (AvgIpc) is 2.34. The predicted molar refractivity (Wildman–Crippen MR) is 68.8 cm³/mol. The Balaban J connectivity index is 2.54. The molecule has 0 N–H and O–H groups in total. The fourth-order valence-corrected chi connectivity index (χ4v) is 1.52. The molecular weight excluding hydrogens is 199 g/mol. The molecule has 0 aliphatic carbocycles. The number of halogens is 1. The van der Waals surface area contributed by atoms with Crippen molar-refractivity contribution in [1.82, 2.24) is 0 Å². The van der Waals surface area contributed by atoms with E-state index in [1.54, 1.807) is 6.08 Å². The molecule has 0 saturated carbocycles. The van der Waals surface area contributed by atoms with Crippen molar-refractivity contribution in [3.63, 3.8) is 0 Å². The Morgan fingerprint density at radius 2 is 1.94 bits per heavy atom. The van der Waals surface area contributed by atoms with Crippen molar-refractivity contribution in [2.45, 2.75) is 32.6 Å². The summed E-state index contributed by atoms with van der Waals surface area (Å²) in [6.45, 7) is 5.92. The first-order chi connectivity index (χ1) is 7.75. The molecule has 1 aromatic carbocycles. The molecule has 0 fully saturated rings. The lowest BCUT2D eigenvalue weighted by Gasteiger charge is -2.03. The van der Waals surface area contributed by atoms with Crippen LogP contribution in [0.2, 0.25) is 0 Å². The molecule has 0 aromatic heterocycles. The van der Waals surface area contributed by atoms with Crippen LogP contribution >= 0.6 is 0 Å². The second kappa shape index (κ2) is 7.00. The molecule has 1 aromatic rings. The highest BCUT2D eigenvalue weighted by Gasteiger charge is 2.03. The van der Waals surface area contributed by atoms with Crippen LogP contribution in [-0.2, 0) is 0 Å². The highest BCUT2D eigenvalue weighted by molar-refractivity contribution is 5.74. The quantitative estimate of drug-likeness (QED) is 0.458. The Morgan fingerprint density at radius 3 is 2.56 bits per heavy atom. The topological polar surface area (TPSA) is 0 Å². The molecule has 0 aliphatic rings. The van der Waals surface area contributed by atoms with Crippen molar-refractivity contribution in [1.29, 1.82) is 0 Å². The highest BCUT2D eigenvalue weighted by atomic mass is 19.1. The maximum Gasteiger partial charge on any atom is 0.126 e. The Morgan fingerprint density at radius 1 is 1.25 bits per heavy atom. The fraction of sp³-hybridized carbons (Fsp3) is 0.333. The van der Waals surface area contributed by atoms with E-state index in [0.717, 1.165) is 31.2 Å². The molecule has 0 spiro atoms. The summed E-state index contributed by atoms with van der Waals surface area (Å²) in [6.07, 6.45) is 5.80. The third-order valence-electron chi connectivity index (χ3n) is 2.54. The van der Waals surface area contributed by atoms with Gasteiger partial charge in [-0.1, -0.05) is 56.7 Å². The van der Waals surface area contributed by atoms with Gasteiger partial charge in [0.05, 0.1) is 0 Å². The molecule has 0 amide bonds. The van der Waals surface area contributed by atoms with Crippen LogP contribution in [0.4, 0.5) is 4.39 Å². The summed E-state index contributed by atoms with van der Waals surface area (Å²) in [7, 11) is 0. The lowest BCUT2D eigenvalue weighted by atomic mass is 10.1. The third-order valence-corrected chi connectivity index (χ3v) is 2.54. The fourth-order valence-electron chi connectivity index (χ4n) is 1.52. The Hall–Kier alpha value is -1.37. The molecule has 0 atom stereocenters. The largest absolute Gasteiger partial charge is 0.207 e.